The molecule has 0 saturated carbocycles. The van der Waals surface area contributed by atoms with Gasteiger partial charge in [-0.2, -0.15) is 0 Å². The summed E-state index contributed by atoms with van der Waals surface area (Å²) in [5.41, 5.74) is 0.654. The summed E-state index contributed by atoms with van der Waals surface area (Å²) in [6, 6.07) is 6.65. The zero-order valence-electron chi connectivity index (χ0n) is 16.1. The van der Waals surface area contributed by atoms with Crippen molar-refractivity contribution in [2.75, 3.05) is 69.2 Å². The Bertz CT molecular complexity index is 831. The van der Waals surface area contributed by atoms with Crippen molar-refractivity contribution in [1.82, 2.24) is 19.8 Å². The van der Waals surface area contributed by atoms with Crippen molar-refractivity contribution in [3.63, 3.8) is 0 Å². The van der Waals surface area contributed by atoms with E-state index < -0.39 is 0 Å². The molecular weight excluding hydrogens is 359 g/mol. The Morgan fingerprint density at radius 1 is 0.929 bits per heavy atom. The number of pyridine rings is 2. The molecule has 2 aromatic rings. The van der Waals surface area contributed by atoms with Gasteiger partial charge in [0.05, 0.1) is 0 Å². The summed E-state index contributed by atoms with van der Waals surface area (Å²) in [5, 5.41) is 0. The molecule has 7 nitrogen and oxygen atoms in total. The Kier molecular flexibility index (Phi) is 5.38. The molecule has 0 atom stereocenters. The van der Waals surface area contributed by atoms with Crippen molar-refractivity contribution >= 4 is 17.5 Å². The second kappa shape index (κ2) is 8.10. The second-order valence-corrected chi connectivity index (χ2v) is 7.28. The summed E-state index contributed by atoms with van der Waals surface area (Å²) >= 11 is 0. The van der Waals surface area contributed by atoms with Crippen LogP contribution in [0, 0.1) is 5.82 Å². The van der Waals surface area contributed by atoms with Crippen LogP contribution in [0.15, 0.2) is 36.7 Å². The van der Waals surface area contributed by atoms with Crippen LogP contribution in [0.3, 0.4) is 0 Å². The lowest BCUT2D eigenvalue weighted by atomic mass is 10.2. The normalized spacial score (nSPS) is 18.4. The lowest BCUT2D eigenvalue weighted by Gasteiger charge is -2.36. The van der Waals surface area contributed by atoms with Gasteiger partial charge in [-0.25, -0.2) is 14.4 Å². The summed E-state index contributed by atoms with van der Waals surface area (Å²) in [6.07, 6.45) is 3.30. The van der Waals surface area contributed by atoms with Crippen molar-refractivity contribution in [2.24, 2.45) is 0 Å². The van der Waals surface area contributed by atoms with Crippen LogP contribution in [-0.2, 0) is 0 Å². The smallest absolute Gasteiger partial charge is 0.254 e. The van der Waals surface area contributed by atoms with E-state index in [9.17, 15) is 9.18 Å². The number of carbonyl (C=O) groups is 1. The number of anilines is 2. The summed E-state index contributed by atoms with van der Waals surface area (Å²) in [7, 11) is 2.11. The highest BCUT2D eigenvalue weighted by Crippen LogP contribution is 2.20. The number of amides is 1. The van der Waals surface area contributed by atoms with Gasteiger partial charge in [0.15, 0.2) is 11.6 Å². The number of carbonyl (C=O) groups excluding carboxylic acids is 1. The van der Waals surface area contributed by atoms with Crippen LogP contribution in [0.2, 0.25) is 0 Å². The van der Waals surface area contributed by atoms with Crippen LogP contribution in [0.1, 0.15) is 10.4 Å². The van der Waals surface area contributed by atoms with Gasteiger partial charge in [0, 0.05) is 70.3 Å². The average molecular weight is 384 g/mol. The molecule has 2 aliphatic heterocycles. The van der Waals surface area contributed by atoms with Gasteiger partial charge in [0.1, 0.15) is 5.82 Å². The van der Waals surface area contributed by atoms with E-state index >= 15 is 0 Å². The molecule has 0 spiro atoms. The van der Waals surface area contributed by atoms with E-state index in [4.69, 9.17) is 0 Å². The van der Waals surface area contributed by atoms with Gasteiger partial charge in [-0.3, -0.25) is 4.79 Å². The number of aromatic nitrogens is 2. The first-order chi connectivity index (χ1) is 13.6. The van der Waals surface area contributed by atoms with Gasteiger partial charge >= 0.3 is 0 Å². The van der Waals surface area contributed by atoms with E-state index in [-0.39, 0.29) is 11.7 Å². The van der Waals surface area contributed by atoms with E-state index in [0.717, 1.165) is 32.0 Å². The first-order valence-corrected chi connectivity index (χ1v) is 9.66. The van der Waals surface area contributed by atoms with Gasteiger partial charge in [-0.15, -0.1) is 0 Å². The predicted octanol–water partition coefficient (Wildman–Crippen LogP) is 1.33. The molecule has 0 unspecified atom stereocenters. The van der Waals surface area contributed by atoms with Crippen LogP contribution in [-0.4, -0.2) is 85.1 Å². The van der Waals surface area contributed by atoms with Crippen LogP contribution in [0.5, 0.6) is 0 Å². The topological polar surface area (TPSA) is 55.8 Å². The van der Waals surface area contributed by atoms with Crippen molar-refractivity contribution in [3.05, 3.63) is 48.0 Å². The van der Waals surface area contributed by atoms with Crippen molar-refractivity contribution < 1.29 is 9.18 Å². The molecular formula is C20H25FN6O. The van der Waals surface area contributed by atoms with E-state index in [1.54, 1.807) is 24.5 Å². The Morgan fingerprint density at radius 3 is 2.36 bits per heavy atom. The highest BCUT2D eigenvalue weighted by molar-refractivity contribution is 5.95. The molecule has 0 aromatic carbocycles. The number of likely N-dealkylation sites (N-methyl/N-ethyl adjacent to an activating group) is 1. The minimum absolute atomic E-state index is 0.001000. The Morgan fingerprint density at radius 2 is 1.64 bits per heavy atom. The maximum absolute atomic E-state index is 13.9. The monoisotopic (exact) mass is 384 g/mol. The molecule has 4 heterocycles. The Balaban J connectivity index is 1.40. The number of halogens is 1. The molecule has 28 heavy (non-hydrogen) atoms. The molecule has 4 rings (SSSR count). The van der Waals surface area contributed by atoms with Gasteiger partial charge in [-0.1, -0.05) is 0 Å². The fraction of sp³-hybridized carbons (Fsp3) is 0.450. The van der Waals surface area contributed by atoms with Crippen molar-refractivity contribution in [1.29, 1.82) is 0 Å². The molecule has 0 N–H and O–H groups in total. The van der Waals surface area contributed by atoms with Crippen LogP contribution >= 0.6 is 0 Å². The van der Waals surface area contributed by atoms with Crippen molar-refractivity contribution in [3.8, 4) is 0 Å². The van der Waals surface area contributed by atoms with Crippen LogP contribution in [0.25, 0.3) is 0 Å². The largest absolute Gasteiger partial charge is 0.354 e. The summed E-state index contributed by atoms with van der Waals surface area (Å²) in [4.78, 5) is 29.8. The van der Waals surface area contributed by atoms with Gasteiger partial charge in [-0.05, 0) is 31.3 Å². The van der Waals surface area contributed by atoms with Gasteiger partial charge in [0.2, 0.25) is 0 Å². The lowest BCUT2D eigenvalue weighted by Crippen LogP contribution is -2.49. The number of nitrogens with zero attached hydrogens (tertiary/aromatic N) is 6. The highest BCUT2D eigenvalue weighted by Gasteiger charge is 2.25. The molecule has 8 heteroatoms. The third kappa shape index (κ3) is 3.91. The maximum Gasteiger partial charge on any atom is 0.254 e. The zero-order chi connectivity index (χ0) is 19.5. The third-order valence-corrected chi connectivity index (χ3v) is 5.43. The highest BCUT2D eigenvalue weighted by atomic mass is 19.1. The van der Waals surface area contributed by atoms with E-state index in [0.29, 0.717) is 37.6 Å². The van der Waals surface area contributed by atoms with E-state index in [2.05, 4.69) is 26.8 Å². The molecule has 2 fully saturated rings. The van der Waals surface area contributed by atoms with Crippen LogP contribution in [0.4, 0.5) is 16.0 Å². The number of hydrogen-bond acceptors (Lipinski definition) is 6. The van der Waals surface area contributed by atoms with E-state index in [1.807, 2.05) is 15.9 Å². The first-order valence-electron chi connectivity index (χ1n) is 9.66. The van der Waals surface area contributed by atoms with E-state index in [1.165, 1.54) is 6.07 Å². The molecule has 1 amide bonds. The molecule has 0 radical (unpaired) electrons. The van der Waals surface area contributed by atoms with Crippen LogP contribution < -0.4 is 9.80 Å². The third-order valence-electron chi connectivity index (χ3n) is 5.43. The Labute approximate surface area is 164 Å². The average Bonchev–Trinajstić information content (AvgIpc) is 2.74. The molecule has 0 bridgehead atoms. The standard InChI is InChI=1S/C20H25FN6O/c1-24-7-9-25(10-8-24)18-15-16(4-6-22-18)20(28)27-13-11-26(12-14-27)19-17(21)3-2-5-23-19/h2-6,15H,7-14H2,1H3. The summed E-state index contributed by atoms with van der Waals surface area (Å²) in [5.74, 6) is 0.885. The summed E-state index contributed by atoms with van der Waals surface area (Å²) in [6.45, 7) is 6.02. The molecule has 2 aliphatic rings. The fourth-order valence-corrected chi connectivity index (χ4v) is 3.67. The minimum Gasteiger partial charge on any atom is -0.354 e. The fourth-order valence-electron chi connectivity index (χ4n) is 3.67. The lowest BCUT2D eigenvalue weighted by molar-refractivity contribution is 0.0746. The zero-order valence-corrected chi connectivity index (χ0v) is 16.1. The predicted molar refractivity (Wildman–Crippen MR) is 106 cm³/mol. The minimum atomic E-state index is -0.326. The first kappa shape index (κ1) is 18.6. The number of hydrogen-bond donors (Lipinski definition) is 0. The molecule has 0 aliphatic carbocycles. The van der Waals surface area contributed by atoms with Gasteiger partial charge in [0.25, 0.3) is 5.91 Å². The number of rotatable bonds is 3. The number of piperazine rings is 2. The Hall–Kier alpha value is -2.74. The molecule has 2 aromatic heterocycles. The van der Waals surface area contributed by atoms with Crippen molar-refractivity contribution in [2.45, 2.75) is 0 Å². The quantitative estimate of drug-likeness (QED) is 0.796. The molecule has 148 valence electrons. The summed E-state index contributed by atoms with van der Waals surface area (Å²) < 4.78 is 13.9. The van der Waals surface area contributed by atoms with Gasteiger partial charge < -0.3 is 19.6 Å². The SMILES string of the molecule is CN1CCN(c2cc(C(=O)N3CCN(c4ncccc4F)CC3)ccn2)CC1. The maximum atomic E-state index is 13.9. The second-order valence-electron chi connectivity index (χ2n) is 7.28. The molecule has 2 saturated heterocycles.